The molecular weight excluding hydrogens is 222 g/mol. The lowest BCUT2D eigenvalue weighted by molar-refractivity contribution is 1.10. The zero-order valence-corrected chi connectivity index (χ0v) is 9.80. The second-order valence-corrected chi connectivity index (χ2v) is 4.02. The second kappa shape index (κ2) is 4.75. The first kappa shape index (κ1) is 10.6. The maximum atomic E-state index is 4.30. The third kappa shape index (κ3) is 2.25. The molecule has 1 heterocycles. The van der Waals surface area contributed by atoms with Crippen LogP contribution < -0.4 is 5.32 Å². The van der Waals surface area contributed by atoms with E-state index in [1.807, 2.05) is 66.7 Å². The lowest BCUT2D eigenvalue weighted by atomic mass is 10.1. The highest BCUT2D eigenvalue weighted by molar-refractivity contribution is 5.65. The van der Waals surface area contributed by atoms with Gasteiger partial charge in [-0.2, -0.15) is 5.10 Å². The molecule has 3 nitrogen and oxygen atoms in total. The molecule has 3 aromatic rings. The van der Waals surface area contributed by atoms with Gasteiger partial charge in [-0.15, -0.1) is 0 Å². The van der Waals surface area contributed by atoms with E-state index in [2.05, 4.69) is 15.5 Å². The van der Waals surface area contributed by atoms with Gasteiger partial charge in [-0.3, -0.25) is 5.10 Å². The molecule has 2 aromatic carbocycles. The van der Waals surface area contributed by atoms with Crippen molar-refractivity contribution in [2.24, 2.45) is 0 Å². The average molecular weight is 235 g/mol. The van der Waals surface area contributed by atoms with Crippen LogP contribution in [0.15, 0.2) is 66.7 Å². The number of nitrogens with zero attached hydrogens (tertiary/aromatic N) is 1. The van der Waals surface area contributed by atoms with Gasteiger partial charge in [0.15, 0.2) is 0 Å². The molecule has 3 rings (SSSR count). The van der Waals surface area contributed by atoms with Crippen molar-refractivity contribution < 1.29 is 0 Å². The van der Waals surface area contributed by atoms with Crippen LogP contribution in [-0.4, -0.2) is 10.2 Å². The first-order valence-corrected chi connectivity index (χ1v) is 5.85. The van der Waals surface area contributed by atoms with E-state index in [0.717, 1.165) is 22.8 Å². The molecule has 0 spiro atoms. The molecule has 0 amide bonds. The molecule has 0 unspecified atom stereocenters. The van der Waals surface area contributed by atoms with Crippen LogP contribution in [-0.2, 0) is 0 Å². The van der Waals surface area contributed by atoms with Gasteiger partial charge < -0.3 is 5.32 Å². The summed E-state index contributed by atoms with van der Waals surface area (Å²) < 4.78 is 0. The summed E-state index contributed by atoms with van der Waals surface area (Å²) in [7, 11) is 0. The maximum absolute atomic E-state index is 4.30. The number of rotatable bonds is 3. The van der Waals surface area contributed by atoms with E-state index in [-0.39, 0.29) is 0 Å². The second-order valence-electron chi connectivity index (χ2n) is 4.02. The third-order valence-electron chi connectivity index (χ3n) is 2.70. The molecular formula is C15H13N3. The van der Waals surface area contributed by atoms with E-state index in [9.17, 15) is 0 Å². The van der Waals surface area contributed by atoms with E-state index in [4.69, 9.17) is 0 Å². The molecule has 18 heavy (non-hydrogen) atoms. The van der Waals surface area contributed by atoms with Crippen LogP contribution in [0, 0.1) is 0 Å². The minimum atomic E-state index is 0.889. The summed E-state index contributed by atoms with van der Waals surface area (Å²) in [5.41, 5.74) is 3.09. The molecule has 0 atom stereocenters. The van der Waals surface area contributed by atoms with E-state index >= 15 is 0 Å². The van der Waals surface area contributed by atoms with E-state index in [1.54, 1.807) is 0 Å². The lowest BCUT2D eigenvalue weighted by Crippen LogP contribution is -1.88. The number of hydrogen-bond donors (Lipinski definition) is 2. The average Bonchev–Trinajstić information content (AvgIpc) is 2.89. The fourth-order valence-electron chi connectivity index (χ4n) is 1.82. The Morgan fingerprint density at radius 3 is 2.22 bits per heavy atom. The zero-order valence-electron chi connectivity index (χ0n) is 9.80. The van der Waals surface area contributed by atoms with E-state index in [1.165, 1.54) is 0 Å². The molecule has 0 aliphatic rings. The third-order valence-corrected chi connectivity index (χ3v) is 2.70. The highest BCUT2D eigenvalue weighted by Gasteiger charge is 2.02. The number of para-hydroxylation sites is 1. The van der Waals surface area contributed by atoms with Crippen molar-refractivity contribution in [2.45, 2.75) is 0 Å². The van der Waals surface area contributed by atoms with Gasteiger partial charge in [0.2, 0.25) is 0 Å². The Bertz CT molecular complexity index is 615. The van der Waals surface area contributed by atoms with Gasteiger partial charge >= 0.3 is 0 Å². The van der Waals surface area contributed by atoms with Gasteiger partial charge in [0.1, 0.15) is 5.82 Å². The summed E-state index contributed by atoms with van der Waals surface area (Å²) >= 11 is 0. The van der Waals surface area contributed by atoms with Crippen LogP contribution in [0.5, 0.6) is 0 Å². The molecule has 0 bridgehead atoms. The van der Waals surface area contributed by atoms with E-state index < -0.39 is 0 Å². The number of aromatic nitrogens is 2. The molecule has 0 fully saturated rings. The first-order chi connectivity index (χ1) is 8.92. The number of H-pyrrole nitrogens is 1. The van der Waals surface area contributed by atoms with Crippen molar-refractivity contribution in [3.05, 3.63) is 66.7 Å². The number of aromatic amines is 1. The monoisotopic (exact) mass is 235 g/mol. The molecule has 1 aromatic heterocycles. The molecule has 0 radical (unpaired) electrons. The van der Waals surface area contributed by atoms with Gasteiger partial charge in [0.05, 0.1) is 5.69 Å². The van der Waals surface area contributed by atoms with Crippen molar-refractivity contribution in [3.63, 3.8) is 0 Å². The Hall–Kier alpha value is -2.55. The highest BCUT2D eigenvalue weighted by Crippen LogP contribution is 2.21. The molecule has 0 aliphatic carbocycles. The normalized spacial score (nSPS) is 10.2. The minimum absolute atomic E-state index is 0.889. The largest absolute Gasteiger partial charge is 0.341 e. The predicted octanol–water partition coefficient (Wildman–Crippen LogP) is 3.82. The molecule has 0 saturated heterocycles. The van der Waals surface area contributed by atoms with Crippen molar-refractivity contribution in [1.82, 2.24) is 10.2 Å². The van der Waals surface area contributed by atoms with Gasteiger partial charge in [-0.1, -0.05) is 48.5 Å². The van der Waals surface area contributed by atoms with Crippen LogP contribution >= 0.6 is 0 Å². The van der Waals surface area contributed by atoms with Crippen molar-refractivity contribution in [2.75, 3.05) is 5.32 Å². The summed E-state index contributed by atoms with van der Waals surface area (Å²) in [6.45, 7) is 0. The molecule has 88 valence electrons. The van der Waals surface area contributed by atoms with Crippen LogP contribution in [0.25, 0.3) is 11.3 Å². The topological polar surface area (TPSA) is 40.7 Å². The quantitative estimate of drug-likeness (QED) is 0.724. The van der Waals surface area contributed by atoms with Crippen molar-refractivity contribution in [1.29, 1.82) is 0 Å². The summed E-state index contributed by atoms with van der Waals surface area (Å²) in [4.78, 5) is 0. The Morgan fingerprint density at radius 1 is 0.833 bits per heavy atom. The number of hydrogen-bond acceptors (Lipinski definition) is 2. The minimum Gasteiger partial charge on any atom is -0.341 e. The maximum Gasteiger partial charge on any atom is 0.126 e. The zero-order chi connectivity index (χ0) is 12.2. The van der Waals surface area contributed by atoms with Crippen LogP contribution in [0.2, 0.25) is 0 Å². The summed E-state index contributed by atoms with van der Waals surface area (Å²) in [5.74, 6) is 0.889. The Morgan fingerprint density at radius 2 is 1.50 bits per heavy atom. The van der Waals surface area contributed by atoms with Gasteiger partial charge in [0, 0.05) is 17.3 Å². The van der Waals surface area contributed by atoms with Gasteiger partial charge in [-0.25, -0.2) is 0 Å². The standard InChI is InChI=1S/C15H13N3/c1-3-7-12(8-4-1)14-11-15(18-17-14)16-13-9-5-2-6-10-13/h1-11H,(H2,16,17,18). The molecule has 0 aliphatic heterocycles. The van der Waals surface area contributed by atoms with Crippen LogP contribution in [0.3, 0.4) is 0 Å². The number of nitrogens with one attached hydrogen (secondary N) is 2. The first-order valence-electron chi connectivity index (χ1n) is 5.85. The molecule has 0 saturated carbocycles. The fraction of sp³-hybridized carbons (Fsp3) is 0. The Balaban J connectivity index is 1.82. The van der Waals surface area contributed by atoms with Crippen LogP contribution in [0.4, 0.5) is 11.5 Å². The van der Waals surface area contributed by atoms with Crippen LogP contribution in [0.1, 0.15) is 0 Å². The predicted molar refractivity (Wildman–Crippen MR) is 73.7 cm³/mol. The van der Waals surface area contributed by atoms with Gasteiger partial charge in [-0.05, 0) is 12.1 Å². The molecule has 3 heteroatoms. The smallest absolute Gasteiger partial charge is 0.126 e. The van der Waals surface area contributed by atoms with Crippen molar-refractivity contribution >= 4 is 11.5 Å². The highest BCUT2D eigenvalue weighted by atomic mass is 15.2. The summed E-state index contributed by atoms with van der Waals surface area (Å²) in [6.07, 6.45) is 0. The van der Waals surface area contributed by atoms with E-state index in [0.29, 0.717) is 0 Å². The van der Waals surface area contributed by atoms with Gasteiger partial charge in [0.25, 0.3) is 0 Å². The fourth-order valence-corrected chi connectivity index (χ4v) is 1.82. The van der Waals surface area contributed by atoms with Crippen molar-refractivity contribution in [3.8, 4) is 11.3 Å². The molecule has 2 N–H and O–H groups in total. The Kier molecular flexibility index (Phi) is 2.80. The Labute approximate surface area is 105 Å². The summed E-state index contributed by atoms with van der Waals surface area (Å²) in [5, 5.41) is 10.6. The summed E-state index contributed by atoms with van der Waals surface area (Å²) in [6, 6.07) is 22.1. The number of anilines is 2. The lowest BCUT2D eigenvalue weighted by Gasteiger charge is -2.01. The SMILES string of the molecule is c1ccc(Nc2cc(-c3ccccc3)n[nH]2)cc1. The number of benzene rings is 2.